The Morgan fingerprint density at radius 2 is 2.24 bits per heavy atom. The number of thioether (sulfide) groups is 1. The first kappa shape index (κ1) is 14.1. The maximum atomic E-state index is 12.0. The Kier molecular flexibility index (Phi) is 3.91. The highest BCUT2D eigenvalue weighted by atomic mass is 32.2. The zero-order valence-corrected chi connectivity index (χ0v) is 12.8. The van der Waals surface area contributed by atoms with Gasteiger partial charge in [-0.25, -0.2) is 5.84 Å². The maximum Gasteiger partial charge on any atom is 0.269 e. The lowest BCUT2D eigenvalue weighted by Crippen LogP contribution is -2.30. The van der Waals surface area contributed by atoms with Crippen molar-refractivity contribution in [3.63, 3.8) is 0 Å². The summed E-state index contributed by atoms with van der Waals surface area (Å²) in [4.78, 5) is 12.0. The molecule has 108 valence electrons. The molecule has 21 heavy (non-hydrogen) atoms. The van der Waals surface area contributed by atoms with E-state index in [1.54, 1.807) is 0 Å². The van der Waals surface area contributed by atoms with Gasteiger partial charge in [-0.2, -0.15) is 0 Å². The van der Waals surface area contributed by atoms with Crippen LogP contribution in [0.4, 0.5) is 0 Å². The number of rotatable bonds is 4. The molecule has 0 radical (unpaired) electrons. The third-order valence-electron chi connectivity index (χ3n) is 2.86. The summed E-state index contributed by atoms with van der Waals surface area (Å²) < 4.78 is 6.61. The number of hydrogen-bond acceptors (Lipinski definition) is 7. The van der Waals surface area contributed by atoms with Crippen LogP contribution in [0.3, 0.4) is 0 Å². The fourth-order valence-corrected chi connectivity index (χ4v) is 3.73. The third kappa shape index (κ3) is 2.78. The maximum absolute atomic E-state index is 12.0. The molecule has 1 amide bonds. The van der Waals surface area contributed by atoms with Crippen LogP contribution < -0.4 is 11.3 Å². The minimum Gasteiger partial charge on any atom is -0.459 e. The first-order valence-corrected chi connectivity index (χ1v) is 7.93. The second kappa shape index (κ2) is 5.84. The van der Waals surface area contributed by atoms with Gasteiger partial charge < -0.3 is 4.42 Å². The second-order valence-electron chi connectivity index (χ2n) is 4.25. The molecule has 3 rings (SSSR count). The fourth-order valence-electron chi connectivity index (χ4n) is 1.98. The Morgan fingerprint density at radius 1 is 1.43 bits per heavy atom. The van der Waals surface area contributed by atoms with Crippen molar-refractivity contribution in [1.82, 2.24) is 15.6 Å². The lowest BCUT2D eigenvalue weighted by molar-refractivity contribution is 0.0953. The van der Waals surface area contributed by atoms with Gasteiger partial charge in [0.05, 0.1) is 11.3 Å². The summed E-state index contributed by atoms with van der Waals surface area (Å²) in [5, 5.41) is 9.67. The molecule has 0 atom stereocenters. The smallest absolute Gasteiger partial charge is 0.269 e. The molecule has 0 spiro atoms. The van der Waals surface area contributed by atoms with Crippen LogP contribution in [-0.4, -0.2) is 16.1 Å². The van der Waals surface area contributed by atoms with Gasteiger partial charge in [0.1, 0.15) is 16.4 Å². The van der Waals surface area contributed by atoms with E-state index in [2.05, 4.69) is 15.6 Å². The van der Waals surface area contributed by atoms with Crippen LogP contribution in [-0.2, 0) is 5.75 Å². The van der Waals surface area contributed by atoms with Gasteiger partial charge in [-0.1, -0.05) is 41.3 Å². The quantitative estimate of drug-likeness (QED) is 0.332. The zero-order valence-electron chi connectivity index (χ0n) is 11.1. The summed E-state index contributed by atoms with van der Waals surface area (Å²) in [6.45, 7) is 1.90. The Bertz CT molecular complexity index is 796. The first-order valence-electron chi connectivity index (χ1n) is 6.13. The number of furan rings is 1. The third-order valence-corrected chi connectivity index (χ3v) is 4.83. The lowest BCUT2D eigenvalue weighted by Gasteiger charge is -2.00. The van der Waals surface area contributed by atoms with Gasteiger partial charge in [0.15, 0.2) is 4.34 Å². The van der Waals surface area contributed by atoms with Crippen molar-refractivity contribution in [2.45, 2.75) is 17.0 Å². The van der Waals surface area contributed by atoms with E-state index in [0.29, 0.717) is 22.7 Å². The van der Waals surface area contributed by atoms with Crippen molar-refractivity contribution in [2.75, 3.05) is 0 Å². The predicted octanol–water partition coefficient (Wildman–Crippen LogP) is 2.49. The van der Waals surface area contributed by atoms with E-state index < -0.39 is 0 Å². The lowest BCUT2D eigenvalue weighted by atomic mass is 10.1. The van der Waals surface area contributed by atoms with E-state index in [0.717, 1.165) is 14.7 Å². The molecule has 6 nitrogen and oxygen atoms in total. The molecule has 0 saturated carbocycles. The first-order chi connectivity index (χ1) is 10.2. The number of hydrazine groups is 1. The number of nitrogens with two attached hydrogens (primary N) is 1. The average molecular weight is 320 g/mol. The van der Waals surface area contributed by atoms with Crippen molar-refractivity contribution in [3.8, 4) is 0 Å². The number of nitrogen functional groups attached to an aromatic ring is 1. The molecule has 3 aromatic rings. The van der Waals surface area contributed by atoms with Gasteiger partial charge >= 0.3 is 0 Å². The van der Waals surface area contributed by atoms with Crippen molar-refractivity contribution in [3.05, 3.63) is 40.6 Å². The molecule has 0 bridgehead atoms. The molecule has 2 heterocycles. The van der Waals surface area contributed by atoms with Crippen LogP contribution in [0, 0.1) is 6.92 Å². The zero-order chi connectivity index (χ0) is 14.8. The number of para-hydroxylation sites is 1. The van der Waals surface area contributed by atoms with E-state index in [-0.39, 0.29) is 5.91 Å². The van der Waals surface area contributed by atoms with Crippen LogP contribution in [0.2, 0.25) is 0 Å². The Balaban J connectivity index is 1.95. The van der Waals surface area contributed by atoms with Crippen LogP contribution in [0.5, 0.6) is 0 Å². The molecular weight excluding hydrogens is 308 g/mol. The molecule has 0 aliphatic carbocycles. The molecule has 0 aliphatic heterocycles. The van der Waals surface area contributed by atoms with Gasteiger partial charge in [-0.3, -0.25) is 10.2 Å². The second-order valence-corrected chi connectivity index (χ2v) is 6.65. The standard InChI is InChI=1S/C13H12N4O2S2/c1-7-16-17-13(21-7)20-6-10-11(12(18)15-14)8-4-2-3-5-9(8)19-10/h2-5H,6,14H2,1H3,(H,15,18). The summed E-state index contributed by atoms with van der Waals surface area (Å²) in [6, 6.07) is 7.38. The fraction of sp³-hybridized carbons (Fsp3) is 0.154. The molecule has 0 saturated heterocycles. The van der Waals surface area contributed by atoms with Gasteiger partial charge in [0.25, 0.3) is 5.91 Å². The number of amides is 1. The molecule has 8 heteroatoms. The number of nitrogens with zero attached hydrogens (tertiary/aromatic N) is 2. The SMILES string of the molecule is Cc1nnc(SCc2oc3ccccc3c2C(=O)NN)s1. The highest BCUT2D eigenvalue weighted by molar-refractivity contribution is 8.00. The number of fused-ring (bicyclic) bond motifs is 1. The predicted molar refractivity (Wildman–Crippen MR) is 82.1 cm³/mol. The number of nitrogens with one attached hydrogen (secondary N) is 1. The average Bonchev–Trinajstić information content (AvgIpc) is 3.07. The molecular formula is C13H12N4O2S2. The molecule has 2 aromatic heterocycles. The van der Waals surface area contributed by atoms with Crippen LogP contribution in [0.25, 0.3) is 11.0 Å². The Morgan fingerprint density at radius 3 is 2.95 bits per heavy atom. The summed E-state index contributed by atoms with van der Waals surface area (Å²) in [6.07, 6.45) is 0. The topological polar surface area (TPSA) is 94.0 Å². The number of aromatic nitrogens is 2. The molecule has 0 aliphatic rings. The number of aryl methyl sites for hydroxylation is 1. The highest BCUT2D eigenvalue weighted by Crippen LogP contribution is 2.32. The van der Waals surface area contributed by atoms with Gasteiger partial charge in [0, 0.05) is 5.39 Å². The molecule has 0 fully saturated rings. The van der Waals surface area contributed by atoms with Crippen LogP contribution in [0.15, 0.2) is 33.0 Å². The number of carbonyl (C=O) groups excluding carboxylic acids is 1. The van der Waals surface area contributed by atoms with E-state index in [9.17, 15) is 4.79 Å². The van der Waals surface area contributed by atoms with Crippen LogP contribution in [0.1, 0.15) is 21.1 Å². The normalized spacial score (nSPS) is 11.0. The largest absolute Gasteiger partial charge is 0.459 e. The van der Waals surface area contributed by atoms with E-state index in [1.165, 1.54) is 23.1 Å². The van der Waals surface area contributed by atoms with Crippen LogP contribution >= 0.6 is 23.1 Å². The summed E-state index contributed by atoms with van der Waals surface area (Å²) in [5.41, 5.74) is 3.31. The minimum absolute atomic E-state index is 0.357. The van der Waals surface area contributed by atoms with Gasteiger partial charge in [-0.15, -0.1) is 10.2 Å². The summed E-state index contributed by atoms with van der Waals surface area (Å²) >= 11 is 2.99. The minimum atomic E-state index is -0.357. The molecule has 1 aromatic carbocycles. The van der Waals surface area contributed by atoms with Gasteiger partial charge in [0.2, 0.25) is 0 Å². The Hall–Kier alpha value is -1.90. The summed E-state index contributed by atoms with van der Waals surface area (Å²) in [5.74, 6) is 5.98. The summed E-state index contributed by atoms with van der Waals surface area (Å²) in [7, 11) is 0. The van der Waals surface area contributed by atoms with Crippen molar-refractivity contribution >= 4 is 40.0 Å². The van der Waals surface area contributed by atoms with E-state index in [4.69, 9.17) is 10.3 Å². The number of benzene rings is 1. The van der Waals surface area contributed by atoms with Gasteiger partial charge in [-0.05, 0) is 13.0 Å². The number of hydrogen-bond donors (Lipinski definition) is 2. The van der Waals surface area contributed by atoms with Crippen molar-refractivity contribution in [2.24, 2.45) is 5.84 Å². The number of carbonyl (C=O) groups is 1. The molecule has 3 N–H and O–H groups in total. The highest BCUT2D eigenvalue weighted by Gasteiger charge is 2.20. The van der Waals surface area contributed by atoms with E-state index in [1.807, 2.05) is 31.2 Å². The molecule has 0 unspecified atom stereocenters. The van der Waals surface area contributed by atoms with Crippen molar-refractivity contribution < 1.29 is 9.21 Å². The monoisotopic (exact) mass is 320 g/mol. The Labute approximate surface area is 128 Å². The van der Waals surface area contributed by atoms with Crippen molar-refractivity contribution in [1.29, 1.82) is 0 Å². The van der Waals surface area contributed by atoms with E-state index >= 15 is 0 Å².